The molecule has 3 aromatic heterocycles. The zero-order chi connectivity index (χ0) is 22.3. The molecule has 1 fully saturated rings. The van der Waals surface area contributed by atoms with Crippen LogP contribution in [0.4, 0.5) is 10.6 Å². The molecule has 32 heavy (non-hydrogen) atoms. The van der Waals surface area contributed by atoms with Gasteiger partial charge in [-0.05, 0) is 32.4 Å². The quantitative estimate of drug-likeness (QED) is 0.514. The molecule has 0 radical (unpaired) electrons. The number of alkyl carbamates (subject to hydrolysis) is 1. The van der Waals surface area contributed by atoms with Crippen molar-refractivity contribution in [3.8, 4) is 17.1 Å². The SMILES string of the molecule is CCOC(=O)NCCCOc1cc(N2CCOC[C@H]2C)nc2c(-c3ccn[nH]3)nccc12. The van der Waals surface area contributed by atoms with Crippen LogP contribution in [0.5, 0.6) is 5.75 Å². The maximum atomic E-state index is 11.4. The lowest BCUT2D eigenvalue weighted by Gasteiger charge is -2.34. The highest BCUT2D eigenvalue weighted by Gasteiger charge is 2.23. The molecule has 0 bridgehead atoms. The van der Waals surface area contributed by atoms with Gasteiger partial charge in [-0.1, -0.05) is 0 Å². The molecular weight excluding hydrogens is 412 g/mol. The van der Waals surface area contributed by atoms with Crippen LogP contribution < -0.4 is 15.0 Å². The van der Waals surface area contributed by atoms with E-state index >= 15 is 0 Å². The van der Waals surface area contributed by atoms with E-state index < -0.39 is 6.09 Å². The predicted molar refractivity (Wildman–Crippen MR) is 120 cm³/mol. The monoisotopic (exact) mass is 440 g/mol. The molecule has 0 unspecified atom stereocenters. The second-order valence-corrected chi connectivity index (χ2v) is 7.47. The second-order valence-electron chi connectivity index (χ2n) is 7.47. The summed E-state index contributed by atoms with van der Waals surface area (Å²) in [5, 5.41) is 10.6. The molecular formula is C22H28N6O4. The predicted octanol–water partition coefficient (Wildman–Crippen LogP) is 2.76. The third-order valence-electron chi connectivity index (χ3n) is 5.22. The van der Waals surface area contributed by atoms with E-state index in [4.69, 9.17) is 19.2 Å². The van der Waals surface area contributed by atoms with E-state index in [2.05, 4.69) is 32.3 Å². The normalized spacial score (nSPS) is 16.2. The van der Waals surface area contributed by atoms with Crippen LogP contribution in [0.3, 0.4) is 0 Å². The molecule has 10 nitrogen and oxygen atoms in total. The van der Waals surface area contributed by atoms with Crippen LogP contribution in [-0.4, -0.2) is 71.8 Å². The van der Waals surface area contributed by atoms with Gasteiger partial charge in [0.1, 0.15) is 22.8 Å². The summed E-state index contributed by atoms with van der Waals surface area (Å²) in [6.45, 7) is 7.20. The van der Waals surface area contributed by atoms with Gasteiger partial charge < -0.3 is 24.4 Å². The number of hydrogen-bond donors (Lipinski definition) is 2. The number of fused-ring (bicyclic) bond motifs is 1. The first-order chi connectivity index (χ1) is 15.7. The summed E-state index contributed by atoms with van der Waals surface area (Å²) in [4.78, 5) is 23.2. The molecule has 1 atom stereocenters. The number of carbonyl (C=O) groups excluding carboxylic acids is 1. The molecule has 4 rings (SSSR count). The second kappa shape index (κ2) is 10.3. The van der Waals surface area contributed by atoms with Crippen molar-refractivity contribution in [2.75, 3.05) is 44.4 Å². The van der Waals surface area contributed by atoms with Gasteiger partial charge in [-0.15, -0.1) is 0 Å². The highest BCUT2D eigenvalue weighted by atomic mass is 16.5. The molecule has 3 aromatic rings. The number of carbonyl (C=O) groups is 1. The fraction of sp³-hybridized carbons (Fsp3) is 0.455. The topological polar surface area (TPSA) is 114 Å². The Labute approximate surface area is 186 Å². The molecule has 1 amide bonds. The minimum Gasteiger partial charge on any atom is -0.493 e. The Hall–Kier alpha value is -3.40. The average Bonchev–Trinajstić information content (AvgIpc) is 3.33. The van der Waals surface area contributed by atoms with E-state index in [-0.39, 0.29) is 6.04 Å². The number of pyridine rings is 2. The molecule has 4 heterocycles. The maximum Gasteiger partial charge on any atom is 0.407 e. The first-order valence-corrected chi connectivity index (χ1v) is 10.8. The zero-order valence-corrected chi connectivity index (χ0v) is 18.3. The Morgan fingerprint density at radius 3 is 3.06 bits per heavy atom. The van der Waals surface area contributed by atoms with Crippen LogP contribution in [0.25, 0.3) is 22.3 Å². The first kappa shape index (κ1) is 21.8. The molecule has 0 spiro atoms. The van der Waals surface area contributed by atoms with Crippen molar-refractivity contribution < 1.29 is 19.0 Å². The summed E-state index contributed by atoms with van der Waals surface area (Å²) in [7, 11) is 0. The number of morpholine rings is 1. The van der Waals surface area contributed by atoms with Crippen LogP contribution in [-0.2, 0) is 9.47 Å². The third kappa shape index (κ3) is 4.91. The maximum absolute atomic E-state index is 11.4. The third-order valence-corrected chi connectivity index (χ3v) is 5.22. The number of hydrogen-bond acceptors (Lipinski definition) is 8. The summed E-state index contributed by atoms with van der Waals surface area (Å²) < 4.78 is 16.6. The van der Waals surface area contributed by atoms with Crippen molar-refractivity contribution in [1.82, 2.24) is 25.5 Å². The lowest BCUT2D eigenvalue weighted by atomic mass is 10.1. The number of nitrogens with zero attached hydrogens (tertiary/aromatic N) is 4. The standard InChI is InChI=1S/C22H28N6O4/c1-3-31-22(29)24-7-4-11-32-18-13-19(28-10-12-30-14-15(28)2)26-20-16(18)5-8-23-21(20)17-6-9-25-27-17/h5-6,8-9,13,15H,3-4,7,10-12,14H2,1-2H3,(H,24,29)(H,25,27)/t15-/m1/s1. The van der Waals surface area contributed by atoms with Crippen molar-refractivity contribution >= 4 is 22.8 Å². The number of aromatic nitrogens is 4. The molecule has 170 valence electrons. The fourth-order valence-electron chi connectivity index (χ4n) is 3.65. The van der Waals surface area contributed by atoms with E-state index in [1.54, 1.807) is 19.3 Å². The molecule has 0 aromatic carbocycles. The summed E-state index contributed by atoms with van der Waals surface area (Å²) in [5.41, 5.74) is 2.25. The summed E-state index contributed by atoms with van der Waals surface area (Å²) in [6, 6.07) is 5.94. The minimum absolute atomic E-state index is 0.197. The zero-order valence-electron chi connectivity index (χ0n) is 18.3. The summed E-state index contributed by atoms with van der Waals surface area (Å²) in [5.74, 6) is 1.55. The highest BCUT2D eigenvalue weighted by molar-refractivity contribution is 5.95. The van der Waals surface area contributed by atoms with E-state index in [0.717, 1.165) is 40.4 Å². The van der Waals surface area contributed by atoms with Crippen LogP contribution in [0.1, 0.15) is 20.3 Å². The van der Waals surface area contributed by atoms with Gasteiger partial charge in [0.2, 0.25) is 0 Å². The number of rotatable bonds is 8. The average molecular weight is 441 g/mol. The smallest absolute Gasteiger partial charge is 0.407 e. The summed E-state index contributed by atoms with van der Waals surface area (Å²) in [6.07, 6.45) is 3.66. The number of H-pyrrole nitrogens is 1. The summed E-state index contributed by atoms with van der Waals surface area (Å²) >= 11 is 0. The first-order valence-electron chi connectivity index (χ1n) is 10.8. The van der Waals surface area contributed by atoms with Gasteiger partial charge in [0, 0.05) is 36.9 Å². The van der Waals surface area contributed by atoms with E-state index in [0.29, 0.717) is 39.4 Å². The van der Waals surface area contributed by atoms with Crippen LogP contribution in [0, 0.1) is 0 Å². The number of anilines is 1. The van der Waals surface area contributed by atoms with Crippen molar-refractivity contribution in [2.24, 2.45) is 0 Å². The van der Waals surface area contributed by atoms with Gasteiger partial charge >= 0.3 is 6.09 Å². The van der Waals surface area contributed by atoms with Crippen molar-refractivity contribution in [1.29, 1.82) is 0 Å². The van der Waals surface area contributed by atoms with Crippen LogP contribution >= 0.6 is 0 Å². The molecule has 0 aliphatic carbocycles. The van der Waals surface area contributed by atoms with E-state index in [1.807, 2.05) is 18.2 Å². The fourth-order valence-corrected chi connectivity index (χ4v) is 3.65. The number of amides is 1. The van der Waals surface area contributed by atoms with Crippen molar-refractivity contribution in [3.05, 3.63) is 30.6 Å². The van der Waals surface area contributed by atoms with Gasteiger partial charge in [-0.25, -0.2) is 9.78 Å². The minimum atomic E-state index is -0.416. The van der Waals surface area contributed by atoms with Gasteiger partial charge in [0.15, 0.2) is 0 Å². The molecule has 1 aliphatic rings. The molecule has 0 saturated carbocycles. The van der Waals surface area contributed by atoms with Gasteiger partial charge in [-0.2, -0.15) is 5.10 Å². The van der Waals surface area contributed by atoms with Crippen LogP contribution in [0.15, 0.2) is 30.6 Å². The highest BCUT2D eigenvalue weighted by Crippen LogP contribution is 2.34. The van der Waals surface area contributed by atoms with E-state index in [1.165, 1.54) is 0 Å². The van der Waals surface area contributed by atoms with Crippen molar-refractivity contribution in [2.45, 2.75) is 26.3 Å². The van der Waals surface area contributed by atoms with Gasteiger partial charge in [0.05, 0.1) is 38.2 Å². The Morgan fingerprint density at radius 2 is 2.28 bits per heavy atom. The Morgan fingerprint density at radius 1 is 1.38 bits per heavy atom. The van der Waals surface area contributed by atoms with E-state index in [9.17, 15) is 4.79 Å². The molecule has 2 N–H and O–H groups in total. The lowest BCUT2D eigenvalue weighted by Crippen LogP contribution is -2.44. The lowest BCUT2D eigenvalue weighted by molar-refractivity contribution is 0.0985. The molecule has 1 aliphatic heterocycles. The largest absolute Gasteiger partial charge is 0.493 e. The molecule has 1 saturated heterocycles. The Balaban J connectivity index is 1.61. The van der Waals surface area contributed by atoms with Gasteiger partial charge in [0.25, 0.3) is 0 Å². The van der Waals surface area contributed by atoms with Gasteiger partial charge in [-0.3, -0.25) is 10.1 Å². The molecule has 10 heteroatoms. The van der Waals surface area contributed by atoms with Crippen molar-refractivity contribution in [3.63, 3.8) is 0 Å². The Bertz CT molecular complexity index is 1040. The number of aromatic amines is 1. The van der Waals surface area contributed by atoms with Crippen LogP contribution in [0.2, 0.25) is 0 Å². The Kier molecular flexibility index (Phi) is 7.00. The number of ether oxygens (including phenoxy) is 3. The number of nitrogens with one attached hydrogen (secondary N) is 2.